The Hall–Kier alpha value is -2.08. The molecule has 0 unspecified atom stereocenters. The molecule has 3 rings (SSSR count). The molecule has 0 aliphatic heterocycles. The Kier molecular flexibility index (Phi) is 3.55. The first kappa shape index (κ1) is 13.9. The summed E-state index contributed by atoms with van der Waals surface area (Å²) in [4.78, 5) is 0. The van der Waals surface area contributed by atoms with E-state index < -0.39 is 0 Å². The van der Waals surface area contributed by atoms with E-state index in [1.165, 1.54) is 39.0 Å². The Morgan fingerprint density at radius 2 is 1.43 bits per heavy atom. The zero-order chi connectivity index (χ0) is 15.0. The van der Waals surface area contributed by atoms with Crippen molar-refractivity contribution in [2.45, 2.75) is 27.7 Å². The van der Waals surface area contributed by atoms with E-state index in [-0.39, 0.29) is 0 Å². The highest BCUT2D eigenvalue weighted by Crippen LogP contribution is 2.44. The van der Waals surface area contributed by atoms with Crippen molar-refractivity contribution in [1.82, 2.24) is 0 Å². The minimum absolute atomic E-state index is 0.551. The molecule has 106 valence electrons. The number of aryl methyl sites for hydroxylation is 1. The zero-order valence-electron chi connectivity index (χ0n) is 13.3. The summed E-state index contributed by atoms with van der Waals surface area (Å²) in [6.45, 7) is 8.95. The molecule has 0 nitrogen and oxygen atoms in total. The van der Waals surface area contributed by atoms with E-state index in [1.807, 2.05) is 0 Å². The molecule has 0 saturated heterocycles. The number of hydrogen-bond donors (Lipinski definition) is 0. The predicted octanol–water partition coefficient (Wildman–Crippen LogP) is 5.98. The lowest BCUT2D eigenvalue weighted by Gasteiger charge is -2.09. The second-order valence-electron chi connectivity index (χ2n) is 6.21. The second kappa shape index (κ2) is 5.37. The summed E-state index contributed by atoms with van der Waals surface area (Å²) in [5, 5.41) is 0. The van der Waals surface area contributed by atoms with Crippen LogP contribution >= 0.6 is 0 Å². The molecule has 0 heteroatoms. The minimum atomic E-state index is 0.551. The van der Waals surface area contributed by atoms with Gasteiger partial charge in [0.2, 0.25) is 0 Å². The lowest BCUT2D eigenvalue weighted by atomic mass is 9.95. The highest BCUT2D eigenvalue weighted by Gasteiger charge is 2.24. The molecule has 0 fully saturated rings. The Balaban J connectivity index is 2.16. The maximum atomic E-state index is 2.32. The molecule has 0 saturated carbocycles. The molecule has 0 aromatic heterocycles. The lowest BCUT2D eigenvalue weighted by molar-refractivity contribution is 0.853. The second-order valence-corrected chi connectivity index (χ2v) is 6.21. The average Bonchev–Trinajstić information content (AvgIpc) is 2.74. The van der Waals surface area contributed by atoms with Crippen molar-refractivity contribution in [2.75, 3.05) is 0 Å². The first-order chi connectivity index (χ1) is 10.1. The predicted molar refractivity (Wildman–Crippen MR) is 92.9 cm³/mol. The van der Waals surface area contributed by atoms with Crippen molar-refractivity contribution >= 4 is 17.2 Å². The van der Waals surface area contributed by atoms with Crippen LogP contribution in [-0.4, -0.2) is 0 Å². The van der Waals surface area contributed by atoms with Gasteiger partial charge in [-0.1, -0.05) is 67.9 Å². The number of benzene rings is 2. The fraction of sp³-hybridized carbons (Fsp3) is 0.238. The third-order valence-electron chi connectivity index (χ3n) is 4.28. The summed E-state index contributed by atoms with van der Waals surface area (Å²) in [5.74, 6) is 0.551. The summed E-state index contributed by atoms with van der Waals surface area (Å²) in [7, 11) is 0. The summed E-state index contributed by atoms with van der Waals surface area (Å²) in [6.07, 6.45) is 2.32. The van der Waals surface area contributed by atoms with Crippen LogP contribution in [0.15, 0.2) is 54.1 Å². The summed E-state index contributed by atoms with van der Waals surface area (Å²) in [6, 6.07) is 17.5. The van der Waals surface area contributed by atoms with Gasteiger partial charge in [-0.2, -0.15) is 0 Å². The van der Waals surface area contributed by atoms with Crippen molar-refractivity contribution in [3.63, 3.8) is 0 Å². The molecular formula is C21H22. The molecule has 0 radical (unpaired) electrons. The van der Waals surface area contributed by atoms with E-state index in [4.69, 9.17) is 0 Å². The van der Waals surface area contributed by atoms with Crippen LogP contribution in [0.25, 0.3) is 17.2 Å². The highest BCUT2D eigenvalue weighted by atomic mass is 14.3. The molecule has 0 amide bonds. The number of allylic oxidation sites excluding steroid dienone is 3. The lowest BCUT2D eigenvalue weighted by Crippen LogP contribution is -1.92. The largest absolute Gasteiger partial charge is 0.0616 e. The molecule has 2 aromatic rings. The monoisotopic (exact) mass is 274 g/mol. The average molecular weight is 274 g/mol. The fourth-order valence-electron chi connectivity index (χ4n) is 3.26. The van der Waals surface area contributed by atoms with Crippen LogP contribution in [0.3, 0.4) is 0 Å². The van der Waals surface area contributed by atoms with Gasteiger partial charge in [-0.15, -0.1) is 0 Å². The van der Waals surface area contributed by atoms with Gasteiger partial charge in [0.25, 0.3) is 0 Å². The molecule has 1 aliphatic carbocycles. The van der Waals surface area contributed by atoms with E-state index >= 15 is 0 Å². The molecule has 1 aliphatic rings. The third kappa shape index (κ3) is 2.47. The van der Waals surface area contributed by atoms with Gasteiger partial charge in [-0.3, -0.25) is 0 Å². The van der Waals surface area contributed by atoms with Crippen LogP contribution in [0.5, 0.6) is 0 Å². The van der Waals surface area contributed by atoms with Crippen LogP contribution in [0.4, 0.5) is 0 Å². The van der Waals surface area contributed by atoms with Crippen molar-refractivity contribution in [3.05, 3.63) is 76.4 Å². The standard InChI is InChI=1S/C21H22/c1-14(2)21-16(4)20(18-7-5-6-8-19(18)21)13-17-11-9-15(3)10-12-17/h5-14H,1-4H3. The van der Waals surface area contributed by atoms with Gasteiger partial charge >= 0.3 is 0 Å². The summed E-state index contributed by atoms with van der Waals surface area (Å²) in [5.41, 5.74) is 9.64. The van der Waals surface area contributed by atoms with Gasteiger partial charge in [-0.25, -0.2) is 0 Å². The Bertz CT molecular complexity index is 725. The topological polar surface area (TPSA) is 0 Å². The van der Waals surface area contributed by atoms with Crippen LogP contribution in [0, 0.1) is 12.8 Å². The third-order valence-corrected chi connectivity index (χ3v) is 4.28. The van der Waals surface area contributed by atoms with Crippen LogP contribution in [0.1, 0.15) is 43.0 Å². The number of rotatable bonds is 2. The van der Waals surface area contributed by atoms with Gasteiger partial charge in [0.1, 0.15) is 0 Å². The van der Waals surface area contributed by atoms with E-state index in [9.17, 15) is 0 Å². The van der Waals surface area contributed by atoms with E-state index in [0.717, 1.165) is 0 Å². The van der Waals surface area contributed by atoms with Gasteiger partial charge < -0.3 is 0 Å². The van der Waals surface area contributed by atoms with Crippen molar-refractivity contribution in [3.8, 4) is 0 Å². The van der Waals surface area contributed by atoms with Gasteiger partial charge in [0.05, 0.1) is 0 Å². The summed E-state index contributed by atoms with van der Waals surface area (Å²) >= 11 is 0. The quantitative estimate of drug-likeness (QED) is 0.632. The first-order valence-electron chi connectivity index (χ1n) is 7.67. The number of fused-ring (bicyclic) bond motifs is 1. The van der Waals surface area contributed by atoms with Crippen LogP contribution in [-0.2, 0) is 0 Å². The van der Waals surface area contributed by atoms with Crippen LogP contribution in [0.2, 0.25) is 0 Å². The minimum Gasteiger partial charge on any atom is -0.0616 e. The molecule has 21 heavy (non-hydrogen) atoms. The van der Waals surface area contributed by atoms with Gasteiger partial charge in [0.15, 0.2) is 0 Å². The molecule has 0 spiro atoms. The zero-order valence-corrected chi connectivity index (χ0v) is 13.3. The summed E-state index contributed by atoms with van der Waals surface area (Å²) < 4.78 is 0. The molecule has 0 atom stereocenters. The van der Waals surface area contributed by atoms with Crippen LogP contribution < -0.4 is 0 Å². The van der Waals surface area contributed by atoms with E-state index in [1.54, 1.807) is 0 Å². The molecule has 0 heterocycles. The molecule has 0 N–H and O–H groups in total. The molecular weight excluding hydrogens is 252 g/mol. The Morgan fingerprint density at radius 3 is 2.05 bits per heavy atom. The molecule has 2 aromatic carbocycles. The first-order valence-corrected chi connectivity index (χ1v) is 7.67. The SMILES string of the molecule is CC1=C(C(C)C)c2ccccc2C1=Cc1ccc(C)cc1. The van der Waals surface area contributed by atoms with E-state index in [0.29, 0.717) is 5.92 Å². The van der Waals surface area contributed by atoms with Gasteiger partial charge in [-0.05, 0) is 59.3 Å². The Labute approximate surface area is 127 Å². The fourth-order valence-corrected chi connectivity index (χ4v) is 3.26. The highest BCUT2D eigenvalue weighted by molar-refractivity contribution is 6.05. The maximum Gasteiger partial charge on any atom is -0.0105 e. The smallest absolute Gasteiger partial charge is 0.0105 e. The van der Waals surface area contributed by atoms with Crippen molar-refractivity contribution < 1.29 is 0 Å². The van der Waals surface area contributed by atoms with Crippen molar-refractivity contribution in [2.24, 2.45) is 5.92 Å². The van der Waals surface area contributed by atoms with E-state index in [2.05, 4.69) is 82.3 Å². The number of hydrogen-bond acceptors (Lipinski definition) is 0. The normalized spacial score (nSPS) is 16.0. The van der Waals surface area contributed by atoms with Gasteiger partial charge in [0, 0.05) is 0 Å². The molecule has 0 bridgehead atoms. The Morgan fingerprint density at radius 1 is 0.810 bits per heavy atom. The maximum absolute atomic E-state index is 2.32. The van der Waals surface area contributed by atoms with Crippen molar-refractivity contribution in [1.29, 1.82) is 0 Å².